The molecule has 1 rings (SSSR count). The number of phosphoric acid groups is 1. The number of aliphatic hydroxyl groups is 4. The largest absolute Gasteiger partial charge is 0.790 e. The van der Waals surface area contributed by atoms with Crippen LogP contribution in [0.4, 0.5) is 0 Å². The van der Waals surface area contributed by atoms with Crippen molar-refractivity contribution < 1.29 is 44.0 Å². The van der Waals surface area contributed by atoms with Crippen molar-refractivity contribution in [1.29, 1.82) is 0 Å². The van der Waals surface area contributed by atoms with E-state index in [1.54, 1.807) is 0 Å². The van der Waals surface area contributed by atoms with E-state index in [4.69, 9.17) is 10.2 Å². The molecule has 0 aromatic heterocycles. The number of hydrogen-bond donors (Lipinski definition) is 4. The zero-order chi connectivity index (χ0) is 12.5. The van der Waals surface area contributed by atoms with Crippen molar-refractivity contribution in [1.82, 2.24) is 0 Å². The molecule has 16 heavy (non-hydrogen) atoms. The zero-order valence-corrected chi connectivity index (χ0v) is 8.77. The molecule has 1 fully saturated rings. The van der Waals surface area contributed by atoms with E-state index in [0.29, 0.717) is 0 Å². The van der Waals surface area contributed by atoms with Crippen molar-refractivity contribution >= 4 is 7.82 Å². The second kappa shape index (κ2) is 5.05. The van der Waals surface area contributed by atoms with E-state index in [9.17, 15) is 24.6 Å². The van der Waals surface area contributed by atoms with Crippen molar-refractivity contribution in [3.63, 3.8) is 0 Å². The summed E-state index contributed by atoms with van der Waals surface area (Å²) in [6, 6.07) is 0. The quantitative estimate of drug-likeness (QED) is 0.366. The van der Waals surface area contributed by atoms with E-state index in [-0.39, 0.29) is 0 Å². The molecule has 0 unspecified atom stereocenters. The summed E-state index contributed by atoms with van der Waals surface area (Å²) in [5, 5.41) is 36.6. The van der Waals surface area contributed by atoms with Crippen molar-refractivity contribution in [2.75, 3.05) is 6.61 Å². The fourth-order valence-corrected chi connectivity index (χ4v) is 1.56. The topological polar surface area (TPSA) is 163 Å². The summed E-state index contributed by atoms with van der Waals surface area (Å²) in [4.78, 5) is 20.3. The van der Waals surface area contributed by atoms with E-state index in [1.807, 2.05) is 0 Å². The Hall–Kier alpha value is -0.0900. The van der Waals surface area contributed by atoms with E-state index in [2.05, 4.69) is 9.26 Å². The number of aliphatic hydroxyl groups excluding tert-OH is 4. The van der Waals surface area contributed by atoms with Gasteiger partial charge in [-0.1, -0.05) is 0 Å². The summed E-state index contributed by atoms with van der Waals surface area (Å²) in [6.07, 6.45) is -8.35. The zero-order valence-electron chi connectivity index (χ0n) is 7.87. The summed E-state index contributed by atoms with van der Waals surface area (Å²) in [7, 11) is -5.23. The van der Waals surface area contributed by atoms with Gasteiger partial charge in [0.15, 0.2) is 6.29 Å². The van der Waals surface area contributed by atoms with Crippen LogP contribution < -0.4 is 9.79 Å². The van der Waals surface area contributed by atoms with Gasteiger partial charge in [-0.2, -0.15) is 0 Å². The predicted molar refractivity (Wildman–Crippen MR) is 42.5 cm³/mol. The van der Waals surface area contributed by atoms with Gasteiger partial charge >= 0.3 is 0 Å². The summed E-state index contributed by atoms with van der Waals surface area (Å²) in [5.74, 6) is 0. The minimum atomic E-state index is -5.23. The Morgan fingerprint density at radius 2 is 1.69 bits per heavy atom. The van der Waals surface area contributed by atoms with Crippen LogP contribution in [0.5, 0.6) is 0 Å². The first-order chi connectivity index (χ1) is 7.22. The van der Waals surface area contributed by atoms with Gasteiger partial charge in [0, 0.05) is 0 Å². The Kier molecular flexibility index (Phi) is 4.41. The first kappa shape index (κ1) is 14.0. The highest BCUT2D eigenvalue weighted by Gasteiger charge is 2.43. The fraction of sp³-hybridized carbons (Fsp3) is 1.00. The standard InChI is InChI=1S/C6H13O9P/c7-3-2(1-14-16(11,12)13)15-6(10)5(9)4(3)8/h2-10H,1H2,(H2,11,12,13)/p-2/t2-,3-,4+,5+,6-/m1/s1. The molecule has 0 bridgehead atoms. The van der Waals surface area contributed by atoms with Gasteiger partial charge in [-0.3, -0.25) is 0 Å². The molecule has 0 spiro atoms. The Bertz CT molecular complexity index is 277. The maximum atomic E-state index is 10.1. The van der Waals surface area contributed by atoms with Gasteiger partial charge in [0.05, 0.1) is 14.4 Å². The van der Waals surface area contributed by atoms with E-state index in [0.717, 1.165) is 0 Å². The Morgan fingerprint density at radius 3 is 2.19 bits per heavy atom. The lowest BCUT2D eigenvalue weighted by atomic mass is 10.00. The monoisotopic (exact) mass is 258 g/mol. The van der Waals surface area contributed by atoms with Crippen LogP contribution in [0.3, 0.4) is 0 Å². The number of ether oxygens (including phenoxy) is 1. The SMILES string of the molecule is O=P([O-])([O-])OC[C@H]1O[C@@H](O)[C@@H](O)[C@@H](O)[C@@H]1O. The Labute approximate surface area is 90.1 Å². The number of hydrogen-bond acceptors (Lipinski definition) is 9. The average Bonchev–Trinajstić information content (AvgIpc) is 2.17. The van der Waals surface area contributed by atoms with Gasteiger partial charge in [-0.05, 0) is 0 Å². The molecular formula is C6H11O9P-2. The van der Waals surface area contributed by atoms with Crippen molar-refractivity contribution in [2.24, 2.45) is 0 Å². The van der Waals surface area contributed by atoms with Gasteiger partial charge in [-0.15, -0.1) is 0 Å². The predicted octanol–water partition coefficient (Wildman–Crippen LogP) is -4.37. The van der Waals surface area contributed by atoms with Crippen LogP contribution >= 0.6 is 7.82 Å². The molecule has 1 aliphatic heterocycles. The second-order valence-electron chi connectivity index (χ2n) is 3.28. The molecule has 10 heteroatoms. The molecule has 0 aliphatic carbocycles. The maximum absolute atomic E-state index is 10.1. The minimum absolute atomic E-state index is 0.855. The molecule has 0 saturated carbocycles. The molecule has 0 radical (unpaired) electrons. The molecule has 5 atom stereocenters. The van der Waals surface area contributed by atoms with E-state index < -0.39 is 45.1 Å². The Balaban J connectivity index is 2.57. The minimum Gasteiger partial charge on any atom is -0.790 e. The second-order valence-corrected chi connectivity index (χ2v) is 4.43. The van der Waals surface area contributed by atoms with Crippen LogP contribution in [0.15, 0.2) is 0 Å². The third-order valence-corrected chi connectivity index (χ3v) is 2.55. The summed E-state index contributed by atoms with van der Waals surface area (Å²) in [6.45, 7) is -0.855. The third kappa shape index (κ3) is 3.45. The highest BCUT2D eigenvalue weighted by Crippen LogP contribution is 2.27. The summed E-state index contributed by atoms with van der Waals surface area (Å²) >= 11 is 0. The molecule has 1 heterocycles. The average molecular weight is 258 g/mol. The molecule has 9 nitrogen and oxygen atoms in total. The van der Waals surface area contributed by atoms with Crippen LogP contribution in [-0.4, -0.2) is 57.7 Å². The first-order valence-electron chi connectivity index (χ1n) is 4.26. The molecule has 0 amide bonds. The van der Waals surface area contributed by atoms with Crippen LogP contribution in [0.2, 0.25) is 0 Å². The molecule has 4 N–H and O–H groups in total. The fourth-order valence-electron chi connectivity index (χ4n) is 1.23. The molecule has 0 aromatic carbocycles. The van der Waals surface area contributed by atoms with Crippen LogP contribution in [0.25, 0.3) is 0 Å². The van der Waals surface area contributed by atoms with E-state index in [1.165, 1.54) is 0 Å². The summed E-state index contributed by atoms with van der Waals surface area (Å²) in [5.41, 5.74) is 0. The smallest absolute Gasteiger partial charge is 0.184 e. The normalized spacial score (nSPS) is 41.0. The first-order valence-corrected chi connectivity index (χ1v) is 5.73. The van der Waals surface area contributed by atoms with Crippen molar-refractivity contribution in [2.45, 2.75) is 30.7 Å². The lowest BCUT2D eigenvalue weighted by Gasteiger charge is -2.39. The lowest BCUT2D eigenvalue weighted by Crippen LogP contribution is -2.58. The number of rotatable bonds is 3. The van der Waals surface area contributed by atoms with Crippen LogP contribution in [-0.2, 0) is 13.8 Å². The molecular weight excluding hydrogens is 247 g/mol. The highest BCUT2D eigenvalue weighted by atomic mass is 31.2. The van der Waals surface area contributed by atoms with Gasteiger partial charge < -0.3 is 44.0 Å². The molecule has 1 aliphatic rings. The lowest BCUT2D eigenvalue weighted by molar-refractivity contribution is -0.347. The number of phosphoric ester groups is 1. The van der Waals surface area contributed by atoms with Gasteiger partial charge in [-0.25, -0.2) is 0 Å². The molecule has 96 valence electrons. The van der Waals surface area contributed by atoms with Crippen LogP contribution in [0.1, 0.15) is 0 Å². The Morgan fingerprint density at radius 1 is 1.12 bits per heavy atom. The van der Waals surface area contributed by atoms with Crippen molar-refractivity contribution in [3.8, 4) is 0 Å². The van der Waals surface area contributed by atoms with E-state index >= 15 is 0 Å². The van der Waals surface area contributed by atoms with Gasteiger partial charge in [0.25, 0.3) is 0 Å². The van der Waals surface area contributed by atoms with Gasteiger partial charge in [0.1, 0.15) is 24.4 Å². The third-order valence-electron chi connectivity index (χ3n) is 2.08. The summed E-state index contributed by atoms with van der Waals surface area (Å²) < 4.78 is 18.5. The van der Waals surface area contributed by atoms with Gasteiger partial charge in [0.2, 0.25) is 0 Å². The molecule has 1 saturated heterocycles. The van der Waals surface area contributed by atoms with Crippen molar-refractivity contribution in [3.05, 3.63) is 0 Å². The van der Waals surface area contributed by atoms with Crippen LogP contribution in [0, 0.1) is 0 Å². The highest BCUT2D eigenvalue weighted by molar-refractivity contribution is 7.43. The molecule has 0 aromatic rings. The maximum Gasteiger partial charge on any atom is 0.184 e.